The number of fused-ring (bicyclic) bond motifs is 1. The Morgan fingerprint density at radius 2 is 1.76 bits per heavy atom. The van der Waals surface area contributed by atoms with Crippen molar-refractivity contribution in [2.75, 3.05) is 26.2 Å². The number of carboxylic acids is 1. The molecule has 0 bridgehead atoms. The third kappa shape index (κ3) is 3.23. The van der Waals surface area contributed by atoms with Crippen LogP contribution in [-0.4, -0.2) is 59.0 Å². The number of carbonyl (C=O) groups is 2. The van der Waals surface area contributed by atoms with Crippen LogP contribution in [0.2, 0.25) is 0 Å². The molecule has 2 heterocycles. The highest BCUT2D eigenvalue weighted by Gasteiger charge is 2.37. The topological polar surface area (TPSA) is 60.9 Å². The fraction of sp³-hybridized carbons (Fsp3) is 0.875. The standard InChI is InChI=1S/C16H26N2O3/c19-15(11-17-9-7-13(10-17)16(20)21)18-8-3-5-12-4-1-2-6-14(12)18/h12-14H,1-11H2,(H,20,21). The van der Waals surface area contributed by atoms with Gasteiger partial charge in [0.1, 0.15) is 0 Å². The molecule has 2 aliphatic heterocycles. The van der Waals surface area contributed by atoms with Gasteiger partial charge >= 0.3 is 5.97 Å². The van der Waals surface area contributed by atoms with Crippen molar-refractivity contribution >= 4 is 11.9 Å². The highest BCUT2D eigenvalue weighted by Crippen LogP contribution is 2.35. The second-order valence-corrected chi connectivity index (χ2v) is 6.90. The lowest BCUT2D eigenvalue weighted by Gasteiger charge is -2.44. The quantitative estimate of drug-likeness (QED) is 0.858. The summed E-state index contributed by atoms with van der Waals surface area (Å²) < 4.78 is 0. The Bertz CT molecular complexity index is 410. The number of hydrogen-bond acceptors (Lipinski definition) is 3. The maximum absolute atomic E-state index is 12.6. The van der Waals surface area contributed by atoms with Crippen LogP contribution in [-0.2, 0) is 9.59 Å². The largest absolute Gasteiger partial charge is 0.481 e. The van der Waals surface area contributed by atoms with Gasteiger partial charge in [-0.1, -0.05) is 12.8 Å². The molecule has 0 aromatic rings. The van der Waals surface area contributed by atoms with E-state index in [-0.39, 0.29) is 11.8 Å². The first kappa shape index (κ1) is 14.8. The predicted molar refractivity (Wildman–Crippen MR) is 78.9 cm³/mol. The minimum Gasteiger partial charge on any atom is -0.481 e. The molecule has 1 N–H and O–H groups in total. The fourth-order valence-electron chi connectivity index (χ4n) is 4.39. The number of carboxylic acid groups (broad SMARTS) is 1. The van der Waals surface area contributed by atoms with Crippen LogP contribution in [0.4, 0.5) is 0 Å². The summed E-state index contributed by atoms with van der Waals surface area (Å²) in [6.45, 7) is 2.58. The Hall–Kier alpha value is -1.10. The van der Waals surface area contributed by atoms with E-state index in [1.807, 2.05) is 4.90 Å². The molecular formula is C16H26N2O3. The van der Waals surface area contributed by atoms with E-state index in [0.717, 1.165) is 25.9 Å². The van der Waals surface area contributed by atoms with Crippen LogP contribution in [0.5, 0.6) is 0 Å². The van der Waals surface area contributed by atoms with Gasteiger partial charge in [-0.05, 0) is 44.6 Å². The molecule has 3 rings (SSSR count). The molecule has 0 spiro atoms. The molecule has 3 unspecified atom stereocenters. The molecule has 0 aromatic carbocycles. The molecule has 1 amide bonds. The fourth-order valence-corrected chi connectivity index (χ4v) is 4.39. The van der Waals surface area contributed by atoms with E-state index in [1.54, 1.807) is 0 Å². The van der Waals surface area contributed by atoms with Crippen molar-refractivity contribution in [2.24, 2.45) is 11.8 Å². The van der Waals surface area contributed by atoms with Crippen molar-refractivity contribution in [1.82, 2.24) is 9.80 Å². The van der Waals surface area contributed by atoms with Crippen LogP contribution in [0.25, 0.3) is 0 Å². The lowest BCUT2D eigenvalue weighted by atomic mass is 9.78. The maximum atomic E-state index is 12.6. The lowest BCUT2D eigenvalue weighted by Crippen LogP contribution is -2.52. The van der Waals surface area contributed by atoms with Crippen LogP contribution in [0.15, 0.2) is 0 Å². The number of carbonyl (C=O) groups excluding carboxylic acids is 1. The van der Waals surface area contributed by atoms with Crippen molar-refractivity contribution in [3.8, 4) is 0 Å². The van der Waals surface area contributed by atoms with Gasteiger partial charge in [-0.3, -0.25) is 14.5 Å². The van der Waals surface area contributed by atoms with Crippen LogP contribution < -0.4 is 0 Å². The van der Waals surface area contributed by atoms with E-state index < -0.39 is 5.97 Å². The monoisotopic (exact) mass is 294 g/mol. The highest BCUT2D eigenvalue weighted by atomic mass is 16.4. The zero-order chi connectivity index (χ0) is 14.8. The molecule has 3 fully saturated rings. The number of hydrogen-bond donors (Lipinski definition) is 1. The number of rotatable bonds is 3. The zero-order valence-electron chi connectivity index (χ0n) is 12.7. The zero-order valence-corrected chi connectivity index (χ0v) is 12.7. The number of likely N-dealkylation sites (tertiary alicyclic amines) is 2. The van der Waals surface area contributed by atoms with E-state index >= 15 is 0 Å². The van der Waals surface area contributed by atoms with E-state index in [4.69, 9.17) is 5.11 Å². The van der Waals surface area contributed by atoms with E-state index in [0.29, 0.717) is 31.5 Å². The first-order valence-corrected chi connectivity index (χ1v) is 8.40. The van der Waals surface area contributed by atoms with Gasteiger partial charge in [0.2, 0.25) is 5.91 Å². The van der Waals surface area contributed by atoms with Gasteiger partial charge in [-0.2, -0.15) is 0 Å². The van der Waals surface area contributed by atoms with Crippen molar-refractivity contribution in [3.63, 3.8) is 0 Å². The lowest BCUT2D eigenvalue weighted by molar-refractivity contribution is -0.142. The Morgan fingerprint density at radius 1 is 1.00 bits per heavy atom. The molecule has 21 heavy (non-hydrogen) atoms. The van der Waals surface area contributed by atoms with Gasteiger partial charge in [-0.25, -0.2) is 0 Å². The minimum absolute atomic E-state index is 0.220. The number of nitrogens with zero attached hydrogens (tertiary/aromatic N) is 2. The Labute approximate surface area is 126 Å². The van der Waals surface area contributed by atoms with Gasteiger partial charge in [0.05, 0.1) is 12.5 Å². The molecule has 1 saturated carbocycles. The summed E-state index contributed by atoms with van der Waals surface area (Å²) in [5.74, 6) is -0.0868. The average molecular weight is 294 g/mol. The summed E-state index contributed by atoms with van der Waals surface area (Å²) in [7, 11) is 0. The number of aliphatic carboxylic acids is 1. The molecule has 0 aromatic heterocycles. The van der Waals surface area contributed by atoms with E-state index in [1.165, 1.54) is 25.7 Å². The van der Waals surface area contributed by atoms with Crippen LogP contribution in [0.1, 0.15) is 44.9 Å². The van der Waals surface area contributed by atoms with Crippen molar-refractivity contribution in [2.45, 2.75) is 51.0 Å². The van der Waals surface area contributed by atoms with Gasteiger partial charge < -0.3 is 10.0 Å². The SMILES string of the molecule is O=C(O)C1CCN(CC(=O)N2CCCC3CCCCC32)C1. The second kappa shape index (κ2) is 6.34. The maximum Gasteiger partial charge on any atom is 0.307 e. The summed E-state index contributed by atoms with van der Waals surface area (Å²) in [4.78, 5) is 27.8. The van der Waals surface area contributed by atoms with Gasteiger partial charge in [0.25, 0.3) is 0 Å². The molecular weight excluding hydrogens is 268 g/mol. The smallest absolute Gasteiger partial charge is 0.307 e. The van der Waals surface area contributed by atoms with E-state index in [2.05, 4.69) is 4.90 Å². The van der Waals surface area contributed by atoms with Crippen molar-refractivity contribution in [3.05, 3.63) is 0 Å². The first-order chi connectivity index (χ1) is 10.1. The Balaban J connectivity index is 1.56. The number of amides is 1. The molecule has 3 aliphatic rings. The Kier molecular flexibility index (Phi) is 4.48. The summed E-state index contributed by atoms with van der Waals surface area (Å²) >= 11 is 0. The van der Waals surface area contributed by atoms with Crippen LogP contribution in [0, 0.1) is 11.8 Å². The van der Waals surface area contributed by atoms with E-state index in [9.17, 15) is 9.59 Å². The Morgan fingerprint density at radius 3 is 2.52 bits per heavy atom. The third-order valence-corrected chi connectivity index (χ3v) is 5.54. The summed E-state index contributed by atoms with van der Waals surface area (Å²) in [5, 5.41) is 9.05. The minimum atomic E-state index is -0.727. The average Bonchev–Trinajstić information content (AvgIpc) is 2.95. The normalized spacial score (nSPS) is 33.7. The summed E-state index contributed by atoms with van der Waals surface area (Å²) in [6, 6.07) is 0.456. The van der Waals surface area contributed by atoms with Crippen molar-refractivity contribution in [1.29, 1.82) is 0 Å². The molecule has 2 saturated heterocycles. The summed E-state index contributed by atoms with van der Waals surface area (Å²) in [6.07, 6.45) is 8.08. The molecule has 0 radical (unpaired) electrons. The van der Waals surface area contributed by atoms with Crippen LogP contribution in [0.3, 0.4) is 0 Å². The molecule has 3 atom stereocenters. The van der Waals surface area contributed by atoms with Gasteiger partial charge in [-0.15, -0.1) is 0 Å². The van der Waals surface area contributed by atoms with Gasteiger partial charge in [0.15, 0.2) is 0 Å². The highest BCUT2D eigenvalue weighted by molar-refractivity contribution is 5.79. The molecule has 1 aliphatic carbocycles. The van der Waals surface area contributed by atoms with Crippen molar-refractivity contribution < 1.29 is 14.7 Å². The molecule has 5 nitrogen and oxygen atoms in total. The number of piperidine rings is 1. The second-order valence-electron chi connectivity index (χ2n) is 6.90. The third-order valence-electron chi connectivity index (χ3n) is 5.54. The van der Waals surface area contributed by atoms with Crippen LogP contribution >= 0.6 is 0 Å². The van der Waals surface area contributed by atoms with Gasteiger partial charge in [0, 0.05) is 19.1 Å². The molecule has 118 valence electrons. The first-order valence-electron chi connectivity index (χ1n) is 8.40. The molecule has 5 heteroatoms. The summed E-state index contributed by atoms with van der Waals surface area (Å²) in [5.41, 5.74) is 0. The predicted octanol–water partition coefficient (Wildman–Crippen LogP) is 1.57.